The molecule has 188 valence electrons. The molecule has 0 spiro atoms. The maximum atomic E-state index is 13.0. The van der Waals surface area contributed by atoms with Gasteiger partial charge in [-0.05, 0) is 44.6 Å². The molecule has 9 heteroatoms. The topological polar surface area (TPSA) is 114 Å². The summed E-state index contributed by atoms with van der Waals surface area (Å²) in [6.45, 7) is 12.8. The van der Waals surface area contributed by atoms with Crippen LogP contribution in [0.2, 0.25) is 0 Å². The number of alkyl carbamates (subject to hydrolysis) is 1. The Balaban J connectivity index is 2.03. The lowest BCUT2D eigenvalue weighted by Crippen LogP contribution is -2.74. The van der Waals surface area contributed by atoms with Gasteiger partial charge in [-0.3, -0.25) is 9.59 Å². The Labute approximate surface area is 201 Å². The predicted octanol–water partition coefficient (Wildman–Crippen LogP) is 3.61. The molecule has 1 fully saturated rings. The van der Waals surface area contributed by atoms with E-state index >= 15 is 0 Å². The second kappa shape index (κ2) is 11.4. The van der Waals surface area contributed by atoms with Crippen LogP contribution in [0.4, 0.5) is 9.59 Å². The third-order valence-corrected chi connectivity index (χ3v) is 5.24. The highest BCUT2D eigenvalue weighted by atomic mass is 16.6. The molecule has 4 amide bonds. The van der Waals surface area contributed by atoms with E-state index in [2.05, 4.69) is 10.6 Å². The summed E-state index contributed by atoms with van der Waals surface area (Å²) < 4.78 is 10.6. The lowest BCUT2D eigenvalue weighted by molar-refractivity contribution is -0.154. The quantitative estimate of drug-likeness (QED) is 0.555. The molecule has 34 heavy (non-hydrogen) atoms. The van der Waals surface area contributed by atoms with Crippen LogP contribution in [-0.2, 0) is 25.7 Å². The Morgan fingerprint density at radius 2 is 1.68 bits per heavy atom. The molecule has 0 aliphatic carbocycles. The molecule has 2 rings (SSSR count). The summed E-state index contributed by atoms with van der Waals surface area (Å²) in [5.41, 5.74) is 0.0733. The number of β-lactam (4-membered cyclic amide) rings is 1. The van der Waals surface area contributed by atoms with Crippen LogP contribution >= 0.6 is 0 Å². The molecular weight excluding hydrogens is 438 g/mol. The van der Waals surface area contributed by atoms with Crippen LogP contribution < -0.4 is 10.6 Å². The van der Waals surface area contributed by atoms with Crippen molar-refractivity contribution in [3.63, 3.8) is 0 Å². The van der Waals surface area contributed by atoms with Crippen molar-refractivity contribution in [1.82, 2.24) is 15.5 Å². The number of hydrogen-bond acceptors (Lipinski definition) is 6. The Morgan fingerprint density at radius 1 is 1.06 bits per heavy atom. The minimum absolute atomic E-state index is 0.0735. The first-order valence-electron chi connectivity index (χ1n) is 11.6. The largest absolute Gasteiger partial charge is 0.445 e. The smallest absolute Gasteiger partial charge is 0.417 e. The van der Waals surface area contributed by atoms with Crippen molar-refractivity contribution in [1.29, 1.82) is 0 Å². The Kier molecular flexibility index (Phi) is 9.06. The van der Waals surface area contributed by atoms with Gasteiger partial charge in [0.2, 0.25) is 5.91 Å². The van der Waals surface area contributed by atoms with Gasteiger partial charge in [-0.15, -0.1) is 0 Å². The van der Waals surface area contributed by atoms with E-state index in [1.54, 1.807) is 20.8 Å². The van der Waals surface area contributed by atoms with Gasteiger partial charge in [-0.25, -0.2) is 14.5 Å². The molecule has 9 nitrogen and oxygen atoms in total. The number of nitrogens with zero attached hydrogens (tertiary/aromatic N) is 1. The molecule has 0 radical (unpaired) electrons. The Bertz CT molecular complexity index is 878. The van der Waals surface area contributed by atoms with E-state index in [-0.39, 0.29) is 18.4 Å². The zero-order valence-electron chi connectivity index (χ0n) is 21.1. The first-order chi connectivity index (χ1) is 15.8. The SMILES string of the molecule is CC(C)C[C@H](NC(=O)OCc1ccccc1)C(=O)N[C@@H]1C(=O)N(C(=O)OC(C)(C)C)[C@@H]1C(C)C. The number of rotatable bonds is 8. The van der Waals surface area contributed by atoms with Crippen molar-refractivity contribution in [2.24, 2.45) is 11.8 Å². The maximum Gasteiger partial charge on any atom is 0.417 e. The molecule has 1 aromatic rings. The molecule has 1 aromatic carbocycles. The van der Waals surface area contributed by atoms with Gasteiger partial charge in [0, 0.05) is 0 Å². The summed E-state index contributed by atoms with van der Waals surface area (Å²) in [6, 6.07) is 6.89. The third-order valence-electron chi connectivity index (χ3n) is 5.24. The molecular formula is C25H37N3O6. The number of amides is 4. The van der Waals surface area contributed by atoms with Crippen molar-refractivity contribution in [3.8, 4) is 0 Å². The van der Waals surface area contributed by atoms with Crippen LogP contribution in [0.25, 0.3) is 0 Å². The van der Waals surface area contributed by atoms with Crippen LogP contribution in [0.15, 0.2) is 30.3 Å². The number of likely N-dealkylation sites (tertiary alicyclic amines) is 1. The zero-order chi connectivity index (χ0) is 25.6. The van der Waals surface area contributed by atoms with Crippen molar-refractivity contribution < 1.29 is 28.7 Å². The van der Waals surface area contributed by atoms with Crippen LogP contribution in [0.3, 0.4) is 0 Å². The molecule has 0 saturated carbocycles. The second-order valence-electron chi connectivity index (χ2n) is 10.3. The molecule has 1 aliphatic heterocycles. The molecule has 0 unspecified atom stereocenters. The number of carbonyl (C=O) groups excluding carboxylic acids is 4. The van der Waals surface area contributed by atoms with Gasteiger partial charge in [0.05, 0.1) is 6.04 Å². The monoisotopic (exact) mass is 475 g/mol. The van der Waals surface area contributed by atoms with E-state index in [9.17, 15) is 19.2 Å². The molecule has 2 N–H and O–H groups in total. The van der Waals surface area contributed by atoms with Crippen LogP contribution in [0.1, 0.15) is 60.5 Å². The average Bonchev–Trinajstić information content (AvgIpc) is 2.72. The lowest BCUT2D eigenvalue weighted by atomic mass is 9.86. The van der Waals surface area contributed by atoms with Crippen LogP contribution in [-0.4, -0.2) is 52.6 Å². The van der Waals surface area contributed by atoms with Crippen molar-refractivity contribution in [2.45, 2.75) is 85.2 Å². The van der Waals surface area contributed by atoms with Gasteiger partial charge in [-0.2, -0.15) is 0 Å². The molecule has 1 saturated heterocycles. The number of benzene rings is 1. The maximum absolute atomic E-state index is 13.0. The van der Waals surface area contributed by atoms with Gasteiger partial charge in [-0.1, -0.05) is 58.0 Å². The van der Waals surface area contributed by atoms with Gasteiger partial charge in [0.15, 0.2) is 0 Å². The first kappa shape index (κ1) is 27.1. The number of ether oxygens (including phenoxy) is 2. The summed E-state index contributed by atoms with van der Waals surface area (Å²) in [4.78, 5) is 51.7. The van der Waals surface area contributed by atoms with Gasteiger partial charge in [0.1, 0.15) is 24.3 Å². The highest BCUT2D eigenvalue weighted by Crippen LogP contribution is 2.29. The molecule has 1 heterocycles. The average molecular weight is 476 g/mol. The first-order valence-corrected chi connectivity index (χ1v) is 11.6. The number of carbonyl (C=O) groups is 4. The molecule has 3 atom stereocenters. The number of imide groups is 1. The summed E-state index contributed by atoms with van der Waals surface area (Å²) in [5, 5.41) is 5.33. The van der Waals surface area contributed by atoms with Gasteiger partial charge in [0.25, 0.3) is 5.91 Å². The number of hydrogen-bond donors (Lipinski definition) is 2. The van der Waals surface area contributed by atoms with Crippen molar-refractivity contribution in [3.05, 3.63) is 35.9 Å². The van der Waals surface area contributed by atoms with E-state index in [4.69, 9.17) is 9.47 Å². The number of nitrogens with one attached hydrogen (secondary N) is 2. The summed E-state index contributed by atoms with van der Waals surface area (Å²) in [6.07, 6.45) is -1.10. The van der Waals surface area contributed by atoms with Gasteiger partial charge >= 0.3 is 12.2 Å². The lowest BCUT2D eigenvalue weighted by Gasteiger charge is -2.47. The summed E-state index contributed by atoms with van der Waals surface area (Å²) >= 11 is 0. The van der Waals surface area contributed by atoms with E-state index in [1.165, 1.54) is 0 Å². The Hall–Kier alpha value is -3.10. The zero-order valence-corrected chi connectivity index (χ0v) is 21.1. The third kappa shape index (κ3) is 7.46. The fraction of sp³-hybridized carbons (Fsp3) is 0.600. The normalized spacial score (nSPS) is 18.9. The summed E-state index contributed by atoms with van der Waals surface area (Å²) in [7, 11) is 0. The minimum atomic E-state index is -0.889. The van der Waals surface area contributed by atoms with Crippen molar-refractivity contribution >= 4 is 24.0 Å². The van der Waals surface area contributed by atoms with Crippen LogP contribution in [0.5, 0.6) is 0 Å². The van der Waals surface area contributed by atoms with Crippen molar-refractivity contribution in [2.75, 3.05) is 0 Å². The summed E-state index contributed by atoms with van der Waals surface area (Å²) in [5.74, 6) is -1.04. The highest BCUT2D eigenvalue weighted by molar-refractivity contribution is 6.04. The van der Waals surface area contributed by atoms with Gasteiger partial charge < -0.3 is 20.1 Å². The highest BCUT2D eigenvalue weighted by Gasteiger charge is 2.54. The molecule has 0 aromatic heterocycles. The van der Waals surface area contributed by atoms with E-state index < -0.39 is 47.7 Å². The second-order valence-corrected chi connectivity index (χ2v) is 10.3. The van der Waals surface area contributed by atoms with Crippen LogP contribution in [0, 0.1) is 11.8 Å². The van der Waals surface area contributed by atoms with E-state index in [0.717, 1.165) is 10.5 Å². The Morgan fingerprint density at radius 3 is 2.21 bits per heavy atom. The minimum Gasteiger partial charge on any atom is -0.445 e. The fourth-order valence-electron chi connectivity index (χ4n) is 3.73. The molecule has 1 aliphatic rings. The van der Waals surface area contributed by atoms with E-state index in [0.29, 0.717) is 6.42 Å². The molecule has 0 bridgehead atoms. The standard InChI is InChI=1S/C25H37N3O6/c1-15(2)13-18(26-23(31)33-14-17-11-9-8-10-12-17)21(29)27-19-20(16(3)4)28(22(19)30)24(32)34-25(5,6)7/h8-12,15-16,18-20H,13-14H2,1-7H3,(H,26,31)(H,27,29)/t18-,19-,20+/m0/s1. The van der Waals surface area contributed by atoms with E-state index in [1.807, 2.05) is 58.0 Å². The fourth-order valence-corrected chi connectivity index (χ4v) is 3.73. The predicted molar refractivity (Wildman–Crippen MR) is 127 cm³/mol.